The van der Waals surface area contributed by atoms with Crippen LogP contribution in [-0.4, -0.2) is 100 Å². The van der Waals surface area contributed by atoms with E-state index in [4.69, 9.17) is 14.2 Å². The molecule has 1 unspecified atom stereocenters. The minimum absolute atomic E-state index is 0. The molecule has 1 N–H and O–H groups in total. The molecular weight excluding hydrogens is 537 g/mol. The highest BCUT2D eigenvalue weighted by molar-refractivity contribution is 14.0. The Kier molecular flexibility index (Phi) is 10.8. The van der Waals surface area contributed by atoms with E-state index in [1.54, 1.807) is 28.4 Å². The highest BCUT2D eigenvalue weighted by atomic mass is 127. The van der Waals surface area contributed by atoms with Crippen LogP contribution < -0.4 is 19.5 Å². The van der Waals surface area contributed by atoms with Crippen molar-refractivity contribution in [2.45, 2.75) is 32.4 Å². The van der Waals surface area contributed by atoms with Gasteiger partial charge >= 0.3 is 0 Å². The molecule has 186 valence electrons. The van der Waals surface area contributed by atoms with Crippen molar-refractivity contribution in [3.8, 4) is 17.2 Å². The Morgan fingerprint density at radius 3 is 2.06 bits per heavy atom. The van der Waals surface area contributed by atoms with Crippen molar-refractivity contribution in [2.75, 3.05) is 67.6 Å². The second-order valence-electron chi connectivity index (χ2n) is 8.15. The Bertz CT molecular complexity index is 808. The molecule has 0 aromatic heterocycles. The fourth-order valence-corrected chi connectivity index (χ4v) is 4.42. The summed E-state index contributed by atoms with van der Waals surface area (Å²) < 4.78 is 16.3. The van der Waals surface area contributed by atoms with Crippen LogP contribution in [0.1, 0.15) is 25.3 Å². The van der Waals surface area contributed by atoms with Crippen LogP contribution in [0.25, 0.3) is 0 Å². The Hall–Kier alpha value is -1.95. The van der Waals surface area contributed by atoms with E-state index in [0.29, 0.717) is 18.0 Å². The first-order chi connectivity index (χ1) is 15.5. The molecule has 9 nitrogen and oxygen atoms in total. The van der Waals surface area contributed by atoms with E-state index in [0.717, 1.165) is 69.4 Å². The zero-order valence-electron chi connectivity index (χ0n) is 20.4. The molecular formula is C23H38IN5O4. The largest absolute Gasteiger partial charge is 0.496 e. The summed E-state index contributed by atoms with van der Waals surface area (Å²) in [6, 6.07) is 3.68. The number of piperazine rings is 1. The fraction of sp³-hybridized carbons (Fsp3) is 0.652. The minimum Gasteiger partial charge on any atom is -0.496 e. The quantitative estimate of drug-likeness (QED) is 0.303. The molecule has 2 aliphatic rings. The molecule has 0 saturated carbocycles. The van der Waals surface area contributed by atoms with Crippen LogP contribution in [0.15, 0.2) is 17.1 Å². The maximum atomic E-state index is 12.7. The Labute approximate surface area is 214 Å². The van der Waals surface area contributed by atoms with Gasteiger partial charge in [0.1, 0.15) is 5.75 Å². The van der Waals surface area contributed by atoms with Crippen molar-refractivity contribution >= 4 is 35.8 Å². The molecule has 33 heavy (non-hydrogen) atoms. The number of guanidine groups is 1. The maximum Gasteiger partial charge on any atom is 0.239 e. The zero-order chi connectivity index (χ0) is 23.1. The molecule has 0 spiro atoms. The van der Waals surface area contributed by atoms with Gasteiger partial charge in [-0.2, -0.15) is 0 Å². The summed E-state index contributed by atoms with van der Waals surface area (Å²) in [5, 5.41) is 3.44. The summed E-state index contributed by atoms with van der Waals surface area (Å²) in [5.74, 6) is 3.11. The summed E-state index contributed by atoms with van der Waals surface area (Å²) in [4.78, 5) is 23.7. The minimum atomic E-state index is -0.0683. The van der Waals surface area contributed by atoms with Gasteiger partial charge in [0.2, 0.25) is 5.91 Å². The van der Waals surface area contributed by atoms with Gasteiger partial charge in [0.25, 0.3) is 0 Å². The summed E-state index contributed by atoms with van der Waals surface area (Å²) in [6.07, 6.45) is 2.25. The third-order valence-corrected chi connectivity index (χ3v) is 6.37. The fourth-order valence-electron chi connectivity index (χ4n) is 4.42. The van der Waals surface area contributed by atoms with E-state index in [2.05, 4.69) is 20.1 Å². The van der Waals surface area contributed by atoms with Crippen molar-refractivity contribution in [3.05, 3.63) is 17.7 Å². The standard InChI is InChI=1S/C23H37N5O4.HI/c1-17(22(29)27-8-6-7-9-27)26-10-12-28(13-11-26)23(24-2)25-16-18-14-20(31-4)21(32-5)15-19(18)30-3;/h14-15,17H,6-13,16H2,1-5H3,(H,24,25);1H. The first-order valence-electron chi connectivity index (χ1n) is 11.3. The Morgan fingerprint density at radius 1 is 0.939 bits per heavy atom. The summed E-state index contributed by atoms with van der Waals surface area (Å²) >= 11 is 0. The topological polar surface area (TPSA) is 78.9 Å². The van der Waals surface area contributed by atoms with E-state index in [9.17, 15) is 4.79 Å². The number of carbonyl (C=O) groups excluding carboxylic acids is 1. The van der Waals surface area contributed by atoms with Gasteiger partial charge in [-0.3, -0.25) is 14.7 Å². The Balaban J connectivity index is 0.00000385. The van der Waals surface area contributed by atoms with E-state index in [-0.39, 0.29) is 35.9 Å². The van der Waals surface area contributed by atoms with Crippen LogP contribution in [0.4, 0.5) is 0 Å². The van der Waals surface area contributed by atoms with Gasteiger partial charge in [0, 0.05) is 64.5 Å². The Morgan fingerprint density at radius 2 is 1.52 bits per heavy atom. The highest BCUT2D eigenvalue weighted by Gasteiger charge is 2.30. The third kappa shape index (κ3) is 6.56. The average molecular weight is 575 g/mol. The van der Waals surface area contributed by atoms with Gasteiger partial charge in [-0.15, -0.1) is 24.0 Å². The van der Waals surface area contributed by atoms with Crippen molar-refractivity contribution in [1.82, 2.24) is 20.0 Å². The molecule has 2 aliphatic heterocycles. The van der Waals surface area contributed by atoms with Crippen LogP contribution in [0.5, 0.6) is 17.2 Å². The smallest absolute Gasteiger partial charge is 0.239 e. The lowest BCUT2D eigenvalue weighted by atomic mass is 10.1. The number of carbonyl (C=O) groups is 1. The van der Waals surface area contributed by atoms with E-state index < -0.39 is 0 Å². The van der Waals surface area contributed by atoms with Crippen molar-refractivity contribution in [3.63, 3.8) is 0 Å². The van der Waals surface area contributed by atoms with Gasteiger partial charge in [0.05, 0.1) is 27.4 Å². The lowest BCUT2D eigenvalue weighted by Gasteiger charge is -2.39. The molecule has 1 aromatic rings. The van der Waals surface area contributed by atoms with E-state index in [1.165, 1.54) is 0 Å². The number of aliphatic imine (C=N–C) groups is 1. The van der Waals surface area contributed by atoms with Gasteiger partial charge in [0.15, 0.2) is 17.5 Å². The number of likely N-dealkylation sites (tertiary alicyclic amines) is 1. The number of nitrogens with one attached hydrogen (secondary N) is 1. The number of hydrogen-bond acceptors (Lipinski definition) is 6. The predicted molar refractivity (Wildman–Crippen MR) is 140 cm³/mol. The predicted octanol–water partition coefficient (Wildman–Crippen LogP) is 2.03. The number of hydrogen-bond donors (Lipinski definition) is 1. The normalized spacial score (nSPS) is 17.9. The van der Waals surface area contributed by atoms with Gasteiger partial charge in [-0.1, -0.05) is 0 Å². The number of ether oxygens (including phenoxy) is 3. The molecule has 0 bridgehead atoms. The number of nitrogens with zero attached hydrogens (tertiary/aromatic N) is 4. The average Bonchev–Trinajstić information content (AvgIpc) is 3.38. The van der Waals surface area contributed by atoms with Gasteiger partial charge < -0.3 is 29.3 Å². The molecule has 10 heteroatoms. The molecule has 1 atom stereocenters. The molecule has 2 fully saturated rings. The van der Waals surface area contributed by atoms with Crippen LogP contribution in [0.2, 0.25) is 0 Å². The van der Waals surface area contributed by atoms with Crippen molar-refractivity contribution in [2.24, 2.45) is 4.99 Å². The van der Waals surface area contributed by atoms with E-state index >= 15 is 0 Å². The lowest BCUT2D eigenvalue weighted by Crippen LogP contribution is -2.57. The summed E-state index contributed by atoms with van der Waals surface area (Å²) in [6.45, 7) is 7.69. The number of benzene rings is 1. The first kappa shape index (κ1) is 27.3. The zero-order valence-corrected chi connectivity index (χ0v) is 22.8. The van der Waals surface area contributed by atoms with Gasteiger partial charge in [-0.05, 0) is 25.8 Å². The molecule has 1 amide bonds. The highest BCUT2D eigenvalue weighted by Crippen LogP contribution is 2.34. The summed E-state index contributed by atoms with van der Waals surface area (Å²) in [5.41, 5.74) is 0.953. The van der Waals surface area contributed by atoms with Crippen molar-refractivity contribution < 1.29 is 19.0 Å². The molecule has 3 rings (SSSR count). The molecule has 0 radical (unpaired) electrons. The third-order valence-electron chi connectivity index (χ3n) is 6.37. The SMILES string of the molecule is CN=C(NCc1cc(OC)c(OC)cc1OC)N1CCN(C(C)C(=O)N2CCCC2)CC1.I. The van der Waals surface area contributed by atoms with Crippen LogP contribution in [-0.2, 0) is 11.3 Å². The molecule has 1 aromatic carbocycles. The monoisotopic (exact) mass is 575 g/mol. The molecule has 2 saturated heterocycles. The number of halogens is 1. The van der Waals surface area contributed by atoms with Crippen LogP contribution in [0, 0.1) is 0 Å². The molecule has 0 aliphatic carbocycles. The van der Waals surface area contributed by atoms with Crippen LogP contribution >= 0.6 is 24.0 Å². The van der Waals surface area contributed by atoms with E-state index in [1.807, 2.05) is 24.0 Å². The first-order valence-corrected chi connectivity index (χ1v) is 11.3. The number of rotatable bonds is 7. The number of amides is 1. The van der Waals surface area contributed by atoms with Crippen LogP contribution in [0.3, 0.4) is 0 Å². The second kappa shape index (κ2) is 13.1. The lowest BCUT2D eigenvalue weighted by molar-refractivity contribution is -0.135. The second-order valence-corrected chi connectivity index (χ2v) is 8.15. The van der Waals surface area contributed by atoms with Crippen molar-refractivity contribution in [1.29, 1.82) is 0 Å². The maximum absolute atomic E-state index is 12.7. The molecule has 2 heterocycles. The van der Waals surface area contributed by atoms with Gasteiger partial charge in [-0.25, -0.2) is 0 Å². The number of methoxy groups -OCH3 is 3. The summed E-state index contributed by atoms with van der Waals surface area (Å²) in [7, 11) is 6.66.